The molecule has 0 aliphatic heterocycles. The molecule has 0 bridgehead atoms. The first kappa shape index (κ1) is 14.6. The highest BCUT2D eigenvalue weighted by atomic mass is 16.5. The van der Waals surface area contributed by atoms with Crippen LogP contribution in [0.2, 0.25) is 0 Å². The molecule has 0 spiro atoms. The van der Waals surface area contributed by atoms with Crippen LogP contribution in [-0.4, -0.2) is 12.6 Å². The highest BCUT2D eigenvalue weighted by molar-refractivity contribution is 5.29. The highest BCUT2D eigenvalue weighted by Crippen LogP contribution is 2.15. The third kappa shape index (κ3) is 4.39. The Morgan fingerprint density at radius 1 is 1.00 bits per heavy atom. The zero-order valence-electron chi connectivity index (χ0n) is 12.3. The Bertz CT molecular complexity index is 551. The highest BCUT2D eigenvalue weighted by Gasteiger charge is 2.06. The van der Waals surface area contributed by atoms with Crippen LogP contribution in [0.5, 0.6) is 5.75 Å². The number of hydrogen-bond acceptors (Lipinski definition) is 2. The first-order valence-electron chi connectivity index (χ1n) is 7.20. The maximum absolute atomic E-state index is 6.27. The van der Waals surface area contributed by atoms with Crippen LogP contribution in [0, 0.1) is 6.92 Å². The van der Waals surface area contributed by atoms with Crippen LogP contribution in [0.3, 0.4) is 0 Å². The van der Waals surface area contributed by atoms with Gasteiger partial charge in [0.15, 0.2) is 0 Å². The van der Waals surface area contributed by atoms with E-state index in [1.54, 1.807) is 0 Å². The van der Waals surface area contributed by atoms with Crippen LogP contribution in [-0.2, 0) is 12.8 Å². The zero-order valence-corrected chi connectivity index (χ0v) is 12.3. The summed E-state index contributed by atoms with van der Waals surface area (Å²) in [6.07, 6.45) is 1.77. The van der Waals surface area contributed by atoms with Gasteiger partial charge in [-0.05, 0) is 49.9 Å². The lowest BCUT2D eigenvalue weighted by atomic mass is 9.99. The van der Waals surface area contributed by atoms with Gasteiger partial charge in [-0.25, -0.2) is 0 Å². The largest absolute Gasteiger partial charge is 0.494 e. The van der Waals surface area contributed by atoms with Crippen LogP contribution in [0.15, 0.2) is 48.5 Å². The first-order chi connectivity index (χ1) is 9.67. The van der Waals surface area contributed by atoms with E-state index in [9.17, 15) is 0 Å². The smallest absolute Gasteiger partial charge is 0.119 e. The van der Waals surface area contributed by atoms with Gasteiger partial charge in [-0.2, -0.15) is 0 Å². The van der Waals surface area contributed by atoms with E-state index in [1.165, 1.54) is 16.7 Å². The fourth-order valence-corrected chi connectivity index (χ4v) is 2.45. The van der Waals surface area contributed by atoms with Crippen LogP contribution in [0.4, 0.5) is 0 Å². The molecule has 0 radical (unpaired) electrons. The van der Waals surface area contributed by atoms with Crippen molar-refractivity contribution in [3.05, 3.63) is 65.2 Å². The molecule has 106 valence electrons. The summed E-state index contributed by atoms with van der Waals surface area (Å²) in [5.74, 6) is 0.924. The Morgan fingerprint density at radius 3 is 2.30 bits per heavy atom. The lowest BCUT2D eigenvalue weighted by Gasteiger charge is -2.13. The Hall–Kier alpha value is -1.80. The Morgan fingerprint density at radius 2 is 1.65 bits per heavy atom. The van der Waals surface area contributed by atoms with Crippen molar-refractivity contribution in [3.8, 4) is 5.75 Å². The monoisotopic (exact) mass is 269 g/mol. The van der Waals surface area contributed by atoms with Gasteiger partial charge in [0.2, 0.25) is 0 Å². The van der Waals surface area contributed by atoms with Crippen LogP contribution in [0.25, 0.3) is 0 Å². The summed E-state index contributed by atoms with van der Waals surface area (Å²) in [6, 6.07) is 16.9. The van der Waals surface area contributed by atoms with Crippen molar-refractivity contribution in [3.63, 3.8) is 0 Å². The van der Waals surface area contributed by atoms with E-state index in [4.69, 9.17) is 10.5 Å². The Labute approximate surface area is 121 Å². The molecule has 0 aliphatic rings. The van der Waals surface area contributed by atoms with Crippen molar-refractivity contribution in [2.75, 3.05) is 6.61 Å². The van der Waals surface area contributed by atoms with Crippen LogP contribution in [0.1, 0.15) is 23.6 Å². The van der Waals surface area contributed by atoms with Crippen molar-refractivity contribution in [1.29, 1.82) is 0 Å². The molecule has 0 aromatic heterocycles. The summed E-state index contributed by atoms with van der Waals surface area (Å²) in [7, 11) is 0. The summed E-state index contributed by atoms with van der Waals surface area (Å²) in [5.41, 5.74) is 10.1. The molecule has 1 unspecified atom stereocenters. The molecule has 20 heavy (non-hydrogen) atoms. The minimum Gasteiger partial charge on any atom is -0.494 e. The molecule has 2 heteroatoms. The Kier molecular flexibility index (Phi) is 5.19. The molecule has 2 nitrogen and oxygen atoms in total. The molecule has 2 rings (SSSR count). The van der Waals surface area contributed by atoms with E-state index in [-0.39, 0.29) is 6.04 Å². The summed E-state index contributed by atoms with van der Waals surface area (Å²) < 4.78 is 5.52. The van der Waals surface area contributed by atoms with Crippen molar-refractivity contribution >= 4 is 0 Å². The quantitative estimate of drug-likeness (QED) is 0.871. The van der Waals surface area contributed by atoms with Gasteiger partial charge in [0.05, 0.1) is 6.61 Å². The first-order valence-corrected chi connectivity index (χ1v) is 7.20. The van der Waals surface area contributed by atoms with Crippen LogP contribution >= 0.6 is 0 Å². The minimum absolute atomic E-state index is 0.133. The van der Waals surface area contributed by atoms with Gasteiger partial charge in [0.1, 0.15) is 5.75 Å². The topological polar surface area (TPSA) is 35.2 Å². The van der Waals surface area contributed by atoms with E-state index in [2.05, 4.69) is 43.3 Å². The van der Waals surface area contributed by atoms with Gasteiger partial charge in [-0.1, -0.05) is 42.0 Å². The molecule has 2 aromatic carbocycles. The maximum atomic E-state index is 6.27. The average molecular weight is 269 g/mol. The second kappa shape index (κ2) is 7.11. The number of hydrogen-bond donors (Lipinski definition) is 1. The summed E-state index contributed by atoms with van der Waals surface area (Å²) in [5, 5.41) is 0. The predicted molar refractivity (Wildman–Crippen MR) is 84.2 cm³/mol. The molecular weight excluding hydrogens is 246 g/mol. The Balaban J connectivity index is 1.97. The molecule has 2 N–H and O–H groups in total. The van der Waals surface area contributed by atoms with Gasteiger partial charge in [-0.3, -0.25) is 0 Å². The number of aryl methyl sites for hydroxylation is 1. The standard InChI is InChI=1S/C18H23NO/c1-3-20-18-9-5-8-16(13-18)12-17(19)11-15-7-4-6-14(2)10-15/h4-10,13,17H,3,11-12,19H2,1-2H3. The second-order valence-corrected chi connectivity index (χ2v) is 5.24. The summed E-state index contributed by atoms with van der Waals surface area (Å²) in [4.78, 5) is 0. The van der Waals surface area contributed by atoms with Gasteiger partial charge in [-0.15, -0.1) is 0 Å². The molecule has 0 saturated heterocycles. The molecule has 1 atom stereocenters. The number of ether oxygens (including phenoxy) is 1. The van der Waals surface area contributed by atoms with Crippen molar-refractivity contribution < 1.29 is 4.74 Å². The predicted octanol–water partition coefficient (Wildman–Crippen LogP) is 3.51. The van der Waals surface area contributed by atoms with Gasteiger partial charge >= 0.3 is 0 Å². The fourth-order valence-electron chi connectivity index (χ4n) is 2.45. The summed E-state index contributed by atoms with van der Waals surface area (Å²) >= 11 is 0. The van der Waals surface area contributed by atoms with Crippen LogP contribution < -0.4 is 10.5 Å². The molecule has 0 amide bonds. The molecule has 0 aliphatic carbocycles. The van der Waals surface area contributed by atoms with E-state index >= 15 is 0 Å². The lowest BCUT2D eigenvalue weighted by Crippen LogP contribution is -2.25. The maximum Gasteiger partial charge on any atom is 0.119 e. The van der Waals surface area contributed by atoms with E-state index in [0.29, 0.717) is 6.61 Å². The SMILES string of the molecule is CCOc1cccc(CC(N)Cc2cccc(C)c2)c1. The van der Waals surface area contributed by atoms with Gasteiger partial charge in [0, 0.05) is 6.04 Å². The van der Waals surface area contributed by atoms with Crippen molar-refractivity contribution in [2.45, 2.75) is 32.7 Å². The second-order valence-electron chi connectivity index (χ2n) is 5.24. The number of rotatable bonds is 6. The summed E-state index contributed by atoms with van der Waals surface area (Å²) in [6.45, 7) is 4.80. The van der Waals surface area contributed by atoms with Crippen molar-refractivity contribution in [1.82, 2.24) is 0 Å². The molecule has 2 aromatic rings. The van der Waals surface area contributed by atoms with E-state index in [1.807, 2.05) is 19.1 Å². The normalized spacial score (nSPS) is 12.2. The van der Waals surface area contributed by atoms with Gasteiger partial charge < -0.3 is 10.5 Å². The molecular formula is C18H23NO. The molecule has 0 saturated carbocycles. The molecule has 0 heterocycles. The number of nitrogens with two attached hydrogens (primary N) is 1. The van der Waals surface area contributed by atoms with Crippen molar-refractivity contribution in [2.24, 2.45) is 5.73 Å². The fraction of sp³-hybridized carbons (Fsp3) is 0.333. The zero-order chi connectivity index (χ0) is 14.4. The third-order valence-electron chi connectivity index (χ3n) is 3.29. The average Bonchev–Trinajstić information content (AvgIpc) is 2.39. The van der Waals surface area contributed by atoms with E-state index < -0.39 is 0 Å². The lowest BCUT2D eigenvalue weighted by molar-refractivity contribution is 0.340. The molecule has 0 fully saturated rings. The minimum atomic E-state index is 0.133. The number of benzene rings is 2. The van der Waals surface area contributed by atoms with Gasteiger partial charge in [0.25, 0.3) is 0 Å². The van der Waals surface area contributed by atoms with E-state index in [0.717, 1.165) is 18.6 Å². The third-order valence-corrected chi connectivity index (χ3v) is 3.29.